The molecule has 1 fully saturated rings. The molecule has 1 heterocycles. The largest absolute Gasteiger partial charge is 0.394 e. The molecular weight excluding hydrogens is 767 g/mol. The van der Waals surface area contributed by atoms with Crippen molar-refractivity contribution >= 4 is 5.91 Å². The highest BCUT2D eigenvalue weighted by molar-refractivity contribution is 5.76. The van der Waals surface area contributed by atoms with Crippen molar-refractivity contribution < 1.29 is 39.8 Å². The van der Waals surface area contributed by atoms with E-state index in [-0.39, 0.29) is 12.5 Å². The minimum absolute atomic E-state index is 0.182. The number of allylic oxidation sites excluding steroid dienone is 5. The molecule has 1 aliphatic rings. The summed E-state index contributed by atoms with van der Waals surface area (Å²) < 4.78 is 11.1. The Morgan fingerprint density at radius 3 is 1.44 bits per heavy atom. The van der Waals surface area contributed by atoms with Crippen LogP contribution in [0.5, 0.6) is 0 Å². The second-order valence-electron chi connectivity index (χ2n) is 18.0. The molecule has 0 spiro atoms. The third kappa shape index (κ3) is 32.7. The zero-order chi connectivity index (χ0) is 44.4. The van der Waals surface area contributed by atoms with Gasteiger partial charge in [-0.05, 0) is 51.4 Å². The number of hydrogen-bond donors (Lipinski definition) is 6. The molecule has 0 bridgehead atoms. The Kier molecular flexibility index (Phi) is 39.9. The molecule has 9 nitrogen and oxygen atoms in total. The summed E-state index contributed by atoms with van der Waals surface area (Å²) in [4.78, 5) is 12.9. The average molecular weight is 864 g/mol. The molecule has 7 atom stereocenters. The Hall–Kier alpha value is -1.59. The van der Waals surface area contributed by atoms with Crippen LogP contribution in [-0.4, -0.2) is 87.5 Å². The SMILES string of the molecule is CCCCC/C=C/C(O)C(COC1OC(CO)C(O)C(O)C1O)NC(=O)CCCCCCCCCCCCCCCCCCCCCCC/C=C\C/C=C\CCCCCCC. The molecular formula is C52H97NO8. The summed E-state index contributed by atoms with van der Waals surface area (Å²) >= 11 is 0. The van der Waals surface area contributed by atoms with Crippen LogP contribution in [0.2, 0.25) is 0 Å². The molecule has 1 saturated heterocycles. The highest BCUT2D eigenvalue weighted by Gasteiger charge is 2.44. The van der Waals surface area contributed by atoms with Crippen molar-refractivity contribution in [1.82, 2.24) is 5.32 Å². The highest BCUT2D eigenvalue weighted by Crippen LogP contribution is 2.23. The lowest BCUT2D eigenvalue weighted by molar-refractivity contribution is -0.302. The third-order valence-electron chi connectivity index (χ3n) is 12.2. The number of rotatable bonds is 43. The van der Waals surface area contributed by atoms with Crippen molar-refractivity contribution in [2.45, 2.75) is 275 Å². The average Bonchev–Trinajstić information content (AvgIpc) is 3.26. The van der Waals surface area contributed by atoms with Gasteiger partial charge < -0.3 is 40.3 Å². The van der Waals surface area contributed by atoms with Crippen molar-refractivity contribution in [1.29, 1.82) is 0 Å². The first-order chi connectivity index (χ1) is 29.8. The van der Waals surface area contributed by atoms with Crippen LogP contribution in [0.15, 0.2) is 36.5 Å². The Labute approximate surface area is 374 Å². The van der Waals surface area contributed by atoms with Gasteiger partial charge in [-0.25, -0.2) is 0 Å². The zero-order valence-corrected chi connectivity index (χ0v) is 39.4. The second-order valence-corrected chi connectivity index (χ2v) is 18.0. The van der Waals surface area contributed by atoms with E-state index >= 15 is 0 Å². The molecule has 0 aromatic rings. The van der Waals surface area contributed by atoms with Gasteiger partial charge in [-0.3, -0.25) is 4.79 Å². The molecule has 7 unspecified atom stereocenters. The number of carbonyl (C=O) groups excluding carboxylic acids is 1. The Morgan fingerprint density at radius 1 is 0.557 bits per heavy atom. The van der Waals surface area contributed by atoms with E-state index in [4.69, 9.17) is 9.47 Å². The quantitative estimate of drug-likeness (QED) is 0.0262. The van der Waals surface area contributed by atoms with Gasteiger partial charge in [0.15, 0.2) is 6.29 Å². The van der Waals surface area contributed by atoms with Gasteiger partial charge in [0.25, 0.3) is 0 Å². The van der Waals surface area contributed by atoms with Crippen molar-refractivity contribution in [2.75, 3.05) is 13.2 Å². The lowest BCUT2D eigenvalue weighted by Crippen LogP contribution is -2.60. The summed E-state index contributed by atoms with van der Waals surface area (Å²) in [5.41, 5.74) is 0. The van der Waals surface area contributed by atoms with Crippen molar-refractivity contribution in [3.05, 3.63) is 36.5 Å². The summed E-state index contributed by atoms with van der Waals surface area (Å²) in [6.45, 7) is 3.65. The fraction of sp³-hybridized carbons (Fsp3) is 0.865. The van der Waals surface area contributed by atoms with Crippen molar-refractivity contribution in [3.63, 3.8) is 0 Å². The molecule has 1 rings (SSSR count). The van der Waals surface area contributed by atoms with Gasteiger partial charge in [-0.15, -0.1) is 0 Å². The molecule has 9 heteroatoms. The maximum atomic E-state index is 12.9. The van der Waals surface area contributed by atoms with Gasteiger partial charge in [-0.1, -0.05) is 211 Å². The molecule has 0 radical (unpaired) electrons. The first kappa shape index (κ1) is 57.4. The Morgan fingerprint density at radius 2 is 0.967 bits per heavy atom. The summed E-state index contributed by atoms with van der Waals surface area (Å²) in [5.74, 6) is -0.182. The van der Waals surface area contributed by atoms with E-state index in [9.17, 15) is 30.3 Å². The first-order valence-corrected chi connectivity index (χ1v) is 25.7. The van der Waals surface area contributed by atoms with Crippen LogP contribution in [0.3, 0.4) is 0 Å². The predicted molar refractivity (Wildman–Crippen MR) is 253 cm³/mol. The number of hydrogen-bond acceptors (Lipinski definition) is 8. The van der Waals surface area contributed by atoms with Crippen LogP contribution in [0.4, 0.5) is 0 Å². The van der Waals surface area contributed by atoms with E-state index < -0.39 is 49.5 Å². The van der Waals surface area contributed by atoms with Gasteiger partial charge >= 0.3 is 0 Å². The number of nitrogens with one attached hydrogen (secondary N) is 1. The van der Waals surface area contributed by atoms with Crippen molar-refractivity contribution in [2.24, 2.45) is 0 Å². The smallest absolute Gasteiger partial charge is 0.220 e. The topological polar surface area (TPSA) is 149 Å². The standard InChI is InChI=1S/C52H97NO8/c1-3-5-7-9-10-11-12-13-14-15-16-17-18-19-20-21-22-23-24-25-26-27-28-29-30-31-32-33-34-35-36-38-40-42-48(56)53-45(46(55)41-39-37-8-6-4-2)44-60-52-51(59)50(58)49(57)47(43-54)61-52/h12-13,15-16,39,41,45-47,49-52,54-55,57-59H,3-11,14,17-38,40,42-44H2,1-2H3,(H,53,56)/b13-12-,16-15-,41-39+. The molecule has 1 amide bonds. The minimum atomic E-state index is -1.56. The van der Waals surface area contributed by atoms with E-state index in [2.05, 4.69) is 43.5 Å². The van der Waals surface area contributed by atoms with Crippen LogP contribution in [0, 0.1) is 0 Å². The van der Waals surface area contributed by atoms with Gasteiger partial charge in [0.05, 0.1) is 25.4 Å². The predicted octanol–water partition coefficient (Wildman–Crippen LogP) is 11.6. The molecule has 0 aromatic heterocycles. The molecule has 0 saturated carbocycles. The molecule has 0 aromatic carbocycles. The maximum Gasteiger partial charge on any atom is 0.220 e. The van der Waals surface area contributed by atoms with Crippen molar-refractivity contribution in [3.8, 4) is 0 Å². The fourth-order valence-electron chi connectivity index (χ4n) is 8.07. The van der Waals surface area contributed by atoms with Gasteiger partial charge in [0.1, 0.15) is 24.4 Å². The van der Waals surface area contributed by atoms with Gasteiger partial charge in [-0.2, -0.15) is 0 Å². The van der Waals surface area contributed by atoms with E-state index in [1.165, 1.54) is 161 Å². The third-order valence-corrected chi connectivity index (χ3v) is 12.2. The first-order valence-electron chi connectivity index (χ1n) is 25.7. The molecule has 1 aliphatic heterocycles. The van der Waals surface area contributed by atoms with Gasteiger partial charge in [0, 0.05) is 6.42 Å². The van der Waals surface area contributed by atoms with Crippen LogP contribution < -0.4 is 5.32 Å². The number of carbonyl (C=O) groups is 1. The normalized spacial score (nSPS) is 20.7. The lowest BCUT2D eigenvalue weighted by atomic mass is 9.99. The summed E-state index contributed by atoms with van der Waals surface area (Å²) in [6, 6.07) is -0.798. The van der Waals surface area contributed by atoms with Crippen LogP contribution in [0.25, 0.3) is 0 Å². The molecule has 6 N–H and O–H groups in total. The second kappa shape index (κ2) is 42.4. The molecule has 358 valence electrons. The molecule has 61 heavy (non-hydrogen) atoms. The van der Waals surface area contributed by atoms with Crippen LogP contribution >= 0.6 is 0 Å². The summed E-state index contributed by atoms with van der Waals surface area (Å²) in [5, 5.41) is 53.7. The van der Waals surface area contributed by atoms with Crippen LogP contribution in [0.1, 0.15) is 232 Å². The van der Waals surface area contributed by atoms with Crippen LogP contribution in [-0.2, 0) is 14.3 Å². The number of amides is 1. The monoisotopic (exact) mass is 864 g/mol. The Bertz CT molecular complexity index is 1050. The minimum Gasteiger partial charge on any atom is -0.394 e. The number of aliphatic hydroxyl groups is 5. The van der Waals surface area contributed by atoms with E-state index in [0.717, 1.165) is 51.4 Å². The zero-order valence-electron chi connectivity index (χ0n) is 39.4. The number of ether oxygens (including phenoxy) is 2. The fourth-order valence-corrected chi connectivity index (χ4v) is 8.07. The summed E-state index contributed by atoms with van der Waals surface area (Å²) in [6.07, 6.45) is 47.1. The lowest BCUT2D eigenvalue weighted by Gasteiger charge is -2.40. The maximum absolute atomic E-state index is 12.9. The summed E-state index contributed by atoms with van der Waals surface area (Å²) in [7, 11) is 0. The highest BCUT2D eigenvalue weighted by atomic mass is 16.7. The van der Waals surface area contributed by atoms with E-state index in [1.807, 2.05) is 6.08 Å². The molecule has 0 aliphatic carbocycles. The number of aliphatic hydroxyl groups excluding tert-OH is 5. The Balaban J connectivity index is 2.00. The van der Waals surface area contributed by atoms with E-state index in [1.54, 1.807) is 6.08 Å². The van der Waals surface area contributed by atoms with Gasteiger partial charge in [0.2, 0.25) is 5.91 Å². The van der Waals surface area contributed by atoms with E-state index in [0.29, 0.717) is 6.42 Å². The number of unbranched alkanes of at least 4 members (excludes halogenated alkanes) is 29.